The number of nitrogens with zero attached hydrogens (tertiary/aromatic N) is 2. The molecule has 0 bridgehead atoms. The van der Waals surface area contributed by atoms with Crippen molar-refractivity contribution in [2.45, 2.75) is 39.0 Å². The molecule has 1 aliphatic heterocycles. The summed E-state index contributed by atoms with van der Waals surface area (Å²) in [5.41, 5.74) is 0.362. The summed E-state index contributed by atoms with van der Waals surface area (Å²) in [6.45, 7) is 7.72. The molecule has 7 nitrogen and oxygen atoms in total. The van der Waals surface area contributed by atoms with E-state index in [4.69, 9.17) is 0 Å². The minimum absolute atomic E-state index is 0.0224. The predicted octanol–water partition coefficient (Wildman–Crippen LogP) is 2.32. The minimum atomic E-state index is -0.948. The zero-order chi connectivity index (χ0) is 20.6. The Bertz CT molecular complexity index is 960. The van der Waals surface area contributed by atoms with Gasteiger partial charge >= 0.3 is 5.97 Å². The molecule has 2 unspecified atom stereocenters. The molecule has 2 heterocycles. The summed E-state index contributed by atoms with van der Waals surface area (Å²) >= 11 is 0. The SMILES string of the molecule is Cc1nc(C(C)(C)C)[nH]c(=O)c1C(=O)N1CC(C(=O)O)C(c2ccccc2)C1. The molecule has 1 amide bonds. The van der Waals surface area contributed by atoms with Crippen molar-refractivity contribution in [2.75, 3.05) is 13.1 Å². The van der Waals surface area contributed by atoms with E-state index in [1.165, 1.54) is 4.90 Å². The number of benzene rings is 1. The molecule has 0 aliphatic carbocycles. The third-order valence-electron chi connectivity index (χ3n) is 5.18. The highest BCUT2D eigenvalue weighted by atomic mass is 16.4. The van der Waals surface area contributed by atoms with Crippen LogP contribution in [0.1, 0.15) is 54.1 Å². The number of likely N-dealkylation sites (tertiary alicyclic amines) is 1. The quantitative estimate of drug-likeness (QED) is 0.847. The Hall–Kier alpha value is -2.96. The van der Waals surface area contributed by atoms with Crippen molar-refractivity contribution in [2.24, 2.45) is 5.92 Å². The zero-order valence-electron chi connectivity index (χ0n) is 16.5. The summed E-state index contributed by atoms with van der Waals surface area (Å²) in [5.74, 6) is -1.94. The molecule has 2 atom stereocenters. The van der Waals surface area contributed by atoms with Crippen LogP contribution in [0.3, 0.4) is 0 Å². The first-order chi connectivity index (χ1) is 13.1. The summed E-state index contributed by atoms with van der Waals surface area (Å²) in [4.78, 5) is 46.0. The fourth-order valence-electron chi connectivity index (χ4n) is 3.61. The number of H-pyrrole nitrogens is 1. The van der Waals surface area contributed by atoms with Crippen LogP contribution in [-0.4, -0.2) is 44.9 Å². The molecule has 7 heteroatoms. The number of carbonyl (C=O) groups is 2. The molecule has 1 saturated heterocycles. The van der Waals surface area contributed by atoms with Crippen LogP contribution in [0.15, 0.2) is 35.1 Å². The molecule has 2 N–H and O–H groups in total. The molecule has 28 heavy (non-hydrogen) atoms. The van der Waals surface area contributed by atoms with Crippen LogP contribution in [0.25, 0.3) is 0 Å². The average molecular weight is 383 g/mol. The first-order valence-electron chi connectivity index (χ1n) is 9.28. The third-order valence-corrected chi connectivity index (χ3v) is 5.18. The van der Waals surface area contributed by atoms with Gasteiger partial charge in [0.15, 0.2) is 0 Å². The van der Waals surface area contributed by atoms with Crippen molar-refractivity contribution in [3.63, 3.8) is 0 Å². The number of aromatic amines is 1. The van der Waals surface area contributed by atoms with E-state index in [9.17, 15) is 19.5 Å². The second-order valence-electron chi connectivity index (χ2n) is 8.30. The van der Waals surface area contributed by atoms with E-state index >= 15 is 0 Å². The third kappa shape index (κ3) is 3.69. The molecule has 0 spiro atoms. The number of carboxylic acid groups (broad SMARTS) is 1. The van der Waals surface area contributed by atoms with E-state index in [1.807, 2.05) is 51.1 Å². The Morgan fingerprint density at radius 2 is 1.82 bits per heavy atom. The molecule has 148 valence electrons. The number of aliphatic carboxylic acids is 1. The highest BCUT2D eigenvalue weighted by Gasteiger charge is 2.41. The topological polar surface area (TPSA) is 103 Å². The van der Waals surface area contributed by atoms with Gasteiger partial charge in [0.1, 0.15) is 11.4 Å². The molecule has 0 saturated carbocycles. The molecule has 1 aromatic carbocycles. The van der Waals surface area contributed by atoms with E-state index in [1.54, 1.807) is 6.92 Å². The Morgan fingerprint density at radius 3 is 2.36 bits per heavy atom. The highest BCUT2D eigenvalue weighted by molar-refractivity contribution is 5.95. The summed E-state index contributed by atoms with van der Waals surface area (Å²) in [7, 11) is 0. The maximum absolute atomic E-state index is 13.1. The monoisotopic (exact) mass is 383 g/mol. The molecule has 0 radical (unpaired) electrons. The molecule has 1 aliphatic rings. The summed E-state index contributed by atoms with van der Waals surface area (Å²) in [6, 6.07) is 9.30. The summed E-state index contributed by atoms with van der Waals surface area (Å²) in [5, 5.41) is 9.63. The van der Waals surface area contributed by atoms with Crippen LogP contribution in [0.2, 0.25) is 0 Å². The summed E-state index contributed by atoms with van der Waals surface area (Å²) in [6.07, 6.45) is 0. The van der Waals surface area contributed by atoms with Gasteiger partial charge in [0, 0.05) is 24.4 Å². The van der Waals surface area contributed by atoms with Gasteiger partial charge in [0.25, 0.3) is 11.5 Å². The van der Waals surface area contributed by atoms with Gasteiger partial charge in [0.2, 0.25) is 0 Å². The van der Waals surface area contributed by atoms with Gasteiger partial charge in [-0.25, -0.2) is 4.98 Å². The Balaban J connectivity index is 1.93. The maximum Gasteiger partial charge on any atom is 0.308 e. The van der Waals surface area contributed by atoms with Gasteiger partial charge in [-0.1, -0.05) is 51.1 Å². The second-order valence-corrected chi connectivity index (χ2v) is 8.30. The average Bonchev–Trinajstić information content (AvgIpc) is 3.06. The zero-order valence-corrected chi connectivity index (χ0v) is 16.5. The van der Waals surface area contributed by atoms with Gasteiger partial charge in [-0.05, 0) is 12.5 Å². The fraction of sp³-hybridized carbons (Fsp3) is 0.429. The number of hydrogen-bond acceptors (Lipinski definition) is 4. The first kappa shape index (κ1) is 19.8. The van der Waals surface area contributed by atoms with Crippen LogP contribution < -0.4 is 5.56 Å². The smallest absolute Gasteiger partial charge is 0.308 e. The lowest BCUT2D eigenvalue weighted by Crippen LogP contribution is -2.36. The lowest BCUT2D eigenvalue weighted by Gasteiger charge is -2.20. The van der Waals surface area contributed by atoms with Gasteiger partial charge in [0.05, 0.1) is 11.6 Å². The maximum atomic E-state index is 13.1. The van der Waals surface area contributed by atoms with Gasteiger partial charge in [-0.3, -0.25) is 14.4 Å². The minimum Gasteiger partial charge on any atom is -0.481 e. The van der Waals surface area contributed by atoms with E-state index in [0.717, 1.165) is 5.56 Å². The Morgan fingerprint density at radius 1 is 1.18 bits per heavy atom. The number of amides is 1. The van der Waals surface area contributed by atoms with Crippen molar-refractivity contribution in [3.8, 4) is 0 Å². The van der Waals surface area contributed by atoms with Crippen molar-refractivity contribution >= 4 is 11.9 Å². The Labute approximate surface area is 163 Å². The van der Waals surface area contributed by atoms with Crippen molar-refractivity contribution in [1.29, 1.82) is 0 Å². The lowest BCUT2D eigenvalue weighted by molar-refractivity contribution is -0.141. The predicted molar refractivity (Wildman–Crippen MR) is 105 cm³/mol. The van der Waals surface area contributed by atoms with Crippen LogP contribution >= 0.6 is 0 Å². The van der Waals surface area contributed by atoms with Gasteiger partial charge in [-0.15, -0.1) is 0 Å². The standard InChI is InChI=1S/C21H25N3O4/c1-12-16(17(25)23-20(22-12)21(2,3)4)18(26)24-10-14(15(11-24)19(27)28)13-8-6-5-7-9-13/h5-9,14-15H,10-11H2,1-4H3,(H,27,28)(H,22,23,25). The summed E-state index contributed by atoms with van der Waals surface area (Å²) < 4.78 is 0. The molecule has 2 aromatic rings. The fourth-order valence-corrected chi connectivity index (χ4v) is 3.61. The number of nitrogens with one attached hydrogen (secondary N) is 1. The largest absolute Gasteiger partial charge is 0.481 e. The van der Waals surface area contributed by atoms with E-state index in [-0.39, 0.29) is 30.0 Å². The Kier molecular flexibility index (Phi) is 5.10. The molecule has 1 aromatic heterocycles. The molecule has 1 fully saturated rings. The number of carboxylic acids is 1. The number of rotatable bonds is 3. The van der Waals surface area contributed by atoms with Crippen LogP contribution in [0, 0.1) is 12.8 Å². The van der Waals surface area contributed by atoms with E-state index in [2.05, 4.69) is 9.97 Å². The number of aryl methyl sites for hydroxylation is 1. The number of aromatic nitrogens is 2. The molecular formula is C21H25N3O4. The number of hydrogen-bond donors (Lipinski definition) is 2. The van der Waals surface area contributed by atoms with Crippen LogP contribution in [-0.2, 0) is 10.2 Å². The molecule has 3 rings (SSSR count). The molecular weight excluding hydrogens is 358 g/mol. The van der Waals surface area contributed by atoms with Crippen molar-refractivity contribution in [3.05, 3.63) is 63.3 Å². The van der Waals surface area contributed by atoms with E-state index in [0.29, 0.717) is 11.5 Å². The normalized spacial score (nSPS) is 19.6. The number of carbonyl (C=O) groups excluding carboxylic acids is 1. The first-order valence-corrected chi connectivity index (χ1v) is 9.28. The van der Waals surface area contributed by atoms with Crippen molar-refractivity contribution < 1.29 is 14.7 Å². The van der Waals surface area contributed by atoms with Crippen molar-refractivity contribution in [1.82, 2.24) is 14.9 Å². The lowest BCUT2D eigenvalue weighted by atomic mass is 9.89. The van der Waals surface area contributed by atoms with E-state index < -0.39 is 23.4 Å². The second kappa shape index (κ2) is 7.22. The van der Waals surface area contributed by atoms with Gasteiger partial charge in [-0.2, -0.15) is 0 Å². The van der Waals surface area contributed by atoms with Gasteiger partial charge < -0.3 is 15.0 Å². The van der Waals surface area contributed by atoms with Crippen LogP contribution in [0.4, 0.5) is 0 Å². The van der Waals surface area contributed by atoms with Crippen LogP contribution in [0.5, 0.6) is 0 Å². The highest BCUT2D eigenvalue weighted by Crippen LogP contribution is 2.33.